The van der Waals surface area contributed by atoms with Gasteiger partial charge in [0.25, 0.3) is 0 Å². The molecular formula is C6H12NSSi. The van der Waals surface area contributed by atoms with Gasteiger partial charge in [0.15, 0.2) is 0 Å². The van der Waals surface area contributed by atoms with Crippen LogP contribution in [0.1, 0.15) is 20.3 Å². The Morgan fingerprint density at radius 2 is 2.11 bits per heavy atom. The zero-order valence-electron chi connectivity index (χ0n) is 5.98. The number of rotatable bonds is 3. The fraction of sp³-hybridized carbons (Fsp3) is 0.833. The molecule has 0 heterocycles. The summed E-state index contributed by atoms with van der Waals surface area (Å²) < 4.78 is 0. The highest BCUT2D eigenvalue weighted by Crippen LogP contribution is 1.93. The second kappa shape index (κ2) is 4.94. The number of thiocarbonyl (C=S) groups is 1. The molecule has 0 spiro atoms. The summed E-state index contributed by atoms with van der Waals surface area (Å²) in [4.78, 5) is 3.15. The highest BCUT2D eigenvalue weighted by molar-refractivity contribution is 7.80. The first-order chi connectivity index (χ1) is 4.26. The Labute approximate surface area is 65.9 Å². The average molecular weight is 158 g/mol. The van der Waals surface area contributed by atoms with E-state index >= 15 is 0 Å². The molecule has 51 valence electrons. The quantitative estimate of drug-likeness (QED) is 0.448. The van der Waals surface area contributed by atoms with E-state index in [4.69, 9.17) is 12.2 Å². The number of nitrogens with zero attached hydrogens (tertiary/aromatic N) is 1. The van der Waals surface area contributed by atoms with E-state index in [1.165, 1.54) is 0 Å². The van der Waals surface area contributed by atoms with E-state index in [9.17, 15) is 0 Å². The Hall–Kier alpha value is 0.107. The van der Waals surface area contributed by atoms with Gasteiger partial charge in [-0.2, -0.15) is 0 Å². The third kappa shape index (κ3) is 2.96. The van der Waals surface area contributed by atoms with E-state index in [1.807, 2.05) is 0 Å². The van der Waals surface area contributed by atoms with Crippen LogP contribution in [0.5, 0.6) is 0 Å². The zero-order chi connectivity index (χ0) is 7.28. The second-order valence-electron chi connectivity index (χ2n) is 1.76. The van der Waals surface area contributed by atoms with Crippen LogP contribution in [0.2, 0.25) is 0 Å². The van der Waals surface area contributed by atoms with Gasteiger partial charge < -0.3 is 4.90 Å². The van der Waals surface area contributed by atoms with Gasteiger partial charge in [-0.3, -0.25) is 0 Å². The molecule has 9 heavy (non-hydrogen) atoms. The van der Waals surface area contributed by atoms with Crippen LogP contribution < -0.4 is 0 Å². The highest BCUT2D eigenvalue weighted by atomic mass is 32.1. The van der Waals surface area contributed by atoms with Crippen LogP contribution in [-0.2, 0) is 0 Å². The Morgan fingerprint density at radius 1 is 1.56 bits per heavy atom. The topological polar surface area (TPSA) is 3.24 Å². The standard InChI is InChI=1S/C6H12NSSi/c1-3-6(8)7(4-2)5-9/h3-5H2,1-2H3. The van der Waals surface area contributed by atoms with Crippen LogP contribution in [-0.4, -0.2) is 32.8 Å². The van der Waals surface area contributed by atoms with E-state index in [1.54, 1.807) is 0 Å². The highest BCUT2D eigenvalue weighted by Gasteiger charge is 1.99. The van der Waals surface area contributed by atoms with Gasteiger partial charge in [0.05, 0.1) is 15.2 Å². The molecule has 0 amide bonds. The Balaban J connectivity index is 3.64. The van der Waals surface area contributed by atoms with Crippen LogP contribution in [0.3, 0.4) is 0 Å². The van der Waals surface area contributed by atoms with Crippen molar-refractivity contribution in [3.05, 3.63) is 0 Å². The van der Waals surface area contributed by atoms with Crippen molar-refractivity contribution in [2.45, 2.75) is 20.3 Å². The molecule has 3 radical (unpaired) electrons. The van der Waals surface area contributed by atoms with Crippen molar-refractivity contribution in [1.82, 2.24) is 4.90 Å². The lowest BCUT2D eigenvalue weighted by Gasteiger charge is -2.20. The molecule has 0 aliphatic rings. The smallest absolute Gasteiger partial charge is 0.0773 e. The molecule has 0 N–H and O–H groups in total. The summed E-state index contributed by atoms with van der Waals surface area (Å²) in [6.45, 7) is 5.17. The predicted octanol–water partition coefficient (Wildman–Crippen LogP) is 1.17. The average Bonchev–Trinajstić information content (AvgIpc) is 1.90. The largest absolute Gasteiger partial charge is 0.370 e. The van der Waals surface area contributed by atoms with Crippen molar-refractivity contribution >= 4 is 27.4 Å². The lowest BCUT2D eigenvalue weighted by Crippen LogP contribution is -2.29. The van der Waals surface area contributed by atoms with E-state index in [0.717, 1.165) is 24.1 Å². The van der Waals surface area contributed by atoms with Gasteiger partial charge in [0.1, 0.15) is 0 Å². The molecule has 0 saturated carbocycles. The maximum absolute atomic E-state index is 5.07. The molecule has 3 heteroatoms. The molecule has 0 unspecified atom stereocenters. The van der Waals surface area contributed by atoms with Crippen LogP contribution in [0, 0.1) is 0 Å². The summed E-state index contributed by atoms with van der Waals surface area (Å²) in [6, 6.07) is 0. The van der Waals surface area contributed by atoms with Gasteiger partial charge in [-0.1, -0.05) is 19.1 Å². The molecule has 0 aliphatic heterocycles. The lowest BCUT2D eigenvalue weighted by molar-refractivity contribution is 0.512. The first-order valence-corrected chi connectivity index (χ1v) is 4.30. The van der Waals surface area contributed by atoms with Crippen molar-refractivity contribution in [2.24, 2.45) is 0 Å². The van der Waals surface area contributed by atoms with Gasteiger partial charge in [-0.15, -0.1) is 0 Å². The number of hydrogen-bond acceptors (Lipinski definition) is 1. The molecular weight excluding hydrogens is 146 g/mol. The minimum absolute atomic E-state index is 0.850. The van der Waals surface area contributed by atoms with E-state index < -0.39 is 0 Å². The van der Waals surface area contributed by atoms with Crippen LogP contribution in [0.15, 0.2) is 0 Å². The van der Waals surface area contributed by atoms with Gasteiger partial charge in [0, 0.05) is 12.7 Å². The third-order valence-corrected chi connectivity index (χ3v) is 2.16. The molecule has 0 aromatic carbocycles. The van der Waals surface area contributed by atoms with Crippen LogP contribution in [0.25, 0.3) is 0 Å². The van der Waals surface area contributed by atoms with Crippen molar-refractivity contribution in [1.29, 1.82) is 0 Å². The van der Waals surface area contributed by atoms with Gasteiger partial charge in [0.2, 0.25) is 0 Å². The van der Waals surface area contributed by atoms with Crippen LogP contribution in [0.4, 0.5) is 0 Å². The molecule has 1 nitrogen and oxygen atoms in total. The molecule has 0 bridgehead atoms. The predicted molar refractivity (Wildman–Crippen MR) is 45.9 cm³/mol. The molecule has 0 aromatic rings. The normalized spacial score (nSPS) is 9.22. The minimum atomic E-state index is 0.850. The summed E-state index contributed by atoms with van der Waals surface area (Å²) in [5, 5.41) is 0. The van der Waals surface area contributed by atoms with E-state index in [2.05, 4.69) is 29.0 Å². The molecule has 0 saturated heterocycles. The van der Waals surface area contributed by atoms with E-state index in [0.29, 0.717) is 0 Å². The van der Waals surface area contributed by atoms with Gasteiger partial charge in [-0.25, -0.2) is 0 Å². The lowest BCUT2D eigenvalue weighted by atomic mass is 10.4. The summed E-state index contributed by atoms with van der Waals surface area (Å²) in [5.74, 6) is 0. The van der Waals surface area contributed by atoms with Crippen molar-refractivity contribution in [2.75, 3.05) is 12.7 Å². The summed E-state index contributed by atoms with van der Waals surface area (Å²) in [7, 11) is 3.40. The maximum Gasteiger partial charge on any atom is 0.0773 e. The first kappa shape index (κ1) is 9.11. The van der Waals surface area contributed by atoms with Gasteiger partial charge in [-0.05, 0) is 13.3 Å². The fourth-order valence-electron chi connectivity index (χ4n) is 0.600. The molecule has 0 fully saturated rings. The monoisotopic (exact) mass is 158 g/mol. The third-order valence-electron chi connectivity index (χ3n) is 1.23. The Morgan fingerprint density at radius 3 is 2.22 bits per heavy atom. The summed E-state index contributed by atoms with van der Waals surface area (Å²) in [6.07, 6.45) is 1.82. The molecule has 0 atom stereocenters. The minimum Gasteiger partial charge on any atom is -0.370 e. The van der Waals surface area contributed by atoms with E-state index in [-0.39, 0.29) is 0 Å². The zero-order valence-corrected chi connectivity index (χ0v) is 7.79. The number of hydrogen-bond donors (Lipinski definition) is 0. The second-order valence-corrected chi connectivity index (χ2v) is 2.55. The van der Waals surface area contributed by atoms with Gasteiger partial charge >= 0.3 is 0 Å². The maximum atomic E-state index is 5.07. The van der Waals surface area contributed by atoms with Crippen LogP contribution >= 0.6 is 12.2 Å². The molecule has 0 aliphatic carbocycles. The Kier molecular flexibility index (Phi) is 5.00. The fourth-order valence-corrected chi connectivity index (χ4v) is 1.32. The molecule has 0 aromatic heterocycles. The summed E-state index contributed by atoms with van der Waals surface area (Å²) >= 11 is 5.07. The summed E-state index contributed by atoms with van der Waals surface area (Å²) in [5.41, 5.74) is 0. The molecule has 0 rings (SSSR count). The first-order valence-electron chi connectivity index (χ1n) is 3.18. The van der Waals surface area contributed by atoms with Crippen molar-refractivity contribution < 1.29 is 0 Å². The SMILES string of the molecule is CCC(=S)N(CC)C[Si]. The van der Waals surface area contributed by atoms with Crippen molar-refractivity contribution in [3.63, 3.8) is 0 Å². The Bertz CT molecular complexity index is 91.1. The van der Waals surface area contributed by atoms with Crippen molar-refractivity contribution in [3.8, 4) is 0 Å².